The maximum Gasteiger partial charge on any atom is 0.160 e. The molecule has 138 valence electrons. The van der Waals surface area contributed by atoms with Crippen molar-refractivity contribution < 1.29 is 14.9 Å². The number of thiocarbonyl (C=S) groups is 1. The van der Waals surface area contributed by atoms with E-state index in [1.165, 1.54) is 77.0 Å². The van der Waals surface area contributed by atoms with Crippen LogP contribution in [0.3, 0.4) is 0 Å². The number of rotatable bonds is 17. The van der Waals surface area contributed by atoms with E-state index >= 15 is 0 Å². The zero-order valence-electron chi connectivity index (χ0n) is 15.1. The second-order valence-electron chi connectivity index (χ2n) is 6.47. The Kier molecular flexibility index (Phi) is 18.0. The first kappa shape index (κ1) is 22.8. The molecule has 0 spiro atoms. The Labute approximate surface area is 148 Å². The van der Waals surface area contributed by atoms with E-state index in [2.05, 4.69) is 6.92 Å². The monoisotopic (exact) mass is 346 g/mol. The summed E-state index contributed by atoms with van der Waals surface area (Å²) in [5, 5.41) is 18.3. The topological polar surface area (TPSA) is 49.7 Å². The highest BCUT2D eigenvalue weighted by atomic mass is 32.1. The highest BCUT2D eigenvalue weighted by Crippen LogP contribution is 2.13. The van der Waals surface area contributed by atoms with Crippen LogP contribution < -0.4 is 0 Å². The molecule has 0 fully saturated rings. The van der Waals surface area contributed by atoms with Crippen LogP contribution >= 0.6 is 12.2 Å². The van der Waals surface area contributed by atoms with Crippen LogP contribution in [-0.2, 0) is 4.74 Å². The van der Waals surface area contributed by atoms with Gasteiger partial charge in [-0.2, -0.15) is 0 Å². The Morgan fingerprint density at radius 2 is 1.13 bits per heavy atom. The summed E-state index contributed by atoms with van der Waals surface area (Å²) < 4.78 is 5.29. The van der Waals surface area contributed by atoms with Gasteiger partial charge in [-0.3, -0.25) is 0 Å². The molecule has 0 rings (SSSR count). The van der Waals surface area contributed by atoms with Gasteiger partial charge >= 0.3 is 0 Å². The highest BCUT2D eigenvalue weighted by Gasteiger charge is 2.08. The lowest BCUT2D eigenvalue weighted by Gasteiger charge is -2.14. The van der Waals surface area contributed by atoms with Crippen LogP contribution in [0.1, 0.15) is 96.8 Å². The number of aliphatic hydroxyl groups excluding tert-OH is 2. The standard InChI is InChI=1S/C19H38O3S/c1-2-3-4-5-6-7-8-9-10-11-12-13-14-15-19(23)22-18(16-20)17-21/h18,20-21H,2-17H2,1H3. The Balaban J connectivity index is 3.20. The minimum atomic E-state index is -0.551. The molecule has 0 aromatic carbocycles. The van der Waals surface area contributed by atoms with Gasteiger partial charge in [0.1, 0.15) is 6.10 Å². The SMILES string of the molecule is CCCCCCCCCCCCCCCC(=S)OC(CO)CO. The molecule has 0 saturated carbocycles. The van der Waals surface area contributed by atoms with Gasteiger partial charge < -0.3 is 14.9 Å². The minimum Gasteiger partial charge on any atom is -0.479 e. The third kappa shape index (κ3) is 16.5. The average molecular weight is 347 g/mol. The van der Waals surface area contributed by atoms with E-state index in [1.807, 2.05) is 0 Å². The van der Waals surface area contributed by atoms with E-state index in [4.69, 9.17) is 27.2 Å². The van der Waals surface area contributed by atoms with Crippen LogP contribution in [0, 0.1) is 0 Å². The lowest BCUT2D eigenvalue weighted by atomic mass is 10.0. The maximum atomic E-state index is 8.91. The van der Waals surface area contributed by atoms with E-state index in [9.17, 15) is 0 Å². The fourth-order valence-electron chi connectivity index (χ4n) is 2.66. The van der Waals surface area contributed by atoms with Gasteiger partial charge in [0.05, 0.1) is 13.2 Å². The third-order valence-corrected chi connectivity index (χ3v) is 4.49. The third-order valence-electron chi connectivity index (χ3n) is 4.19. The Morgan fingerprint density at radius 3 is 1.52 bits per heavy atom. The predicted octanol–water partition coefficient (Wildman–Crippen LogP) is 5.16. The Bertz CT molecular complexity index is 255. The van der Waals surface area contributed by atoms with Crippen molar-refractivity contribution in [3.05, 3.63) is 0 Å². The Hall–Kier alpha value is -0.190. The number of hydrogen-bond donors (Lipinski definition) is 2. The lowest BCUT2D eigenvalue weighted by molar-refractivity contribution is 0.0550. The largest absolute Gasteiger partial charge is 0.479 e. The molecule has 23 heavy (non-hydrogen) atoms. The summed E-state index contributed by atoms with van der Waals surface area (Å²) in [4.78, 5) is 0. The van der Waals surface area contributed by atoms with Crippen molar-refractivity contribution in [2.75, 3.05) is 13.2 Å². The second kappa shape index (κ2) is 18.2. The summed E-state index contributed by atoms with van der Waals surface area (Å²) in [6, 6.07) is 0. The summed E-state index contributed by atoms with van der Waals surface area (Å²) in [6.07, 6.45) is 17.5. The fraction of sp³-hybridized carbons (Fsp3) is 0.947. The molecule has 4 heteroatoms. The number of ether oxygens (including phenoxy) is 1. The number of unbranched alkanes of at least 4 members (excludes halogenated alkanes) is 12. The molecule has 0 atom stereocenters. The van der Waals surface area contributed by atoms with Gasteiger partial charge in [0, 0.05) is 6.42 Å². The van der Waals surface area contributed by atoms with Crippen molar-refractivity contribution in [1.82, 2.24) is 0 Å². The van der Waals surface area contributed by atoms with Crippen molar-refractivity contribution in [3.63, 3.8) is 0 Å². The number of hydrogen-bond acceptors (Lipinski definition) is 4. The summed E-state index contributed by atoms with van der Waals surface area (Å²) in [6.45, 7) is 1.89. The molecule has 0 bridgehead atoms. The van der Waals surface area contributed by atoms with E-state index in [1.54, 1.807) is 0 Å². The maximum absolute atomic E-state index is 8.91. The predicted molar refractivity (Wildman–Crippen MR) is 102 cm³/mol. The van der Waals surface area contributed by atoms with Crippen molar-refractivity contribution in [2.45, 2.75) is 103 Å². The smallest absolute Gasteiger partial charge is 0.160 e. The normalized spacial score (nSPS) is 11.1. The van der Waals surface area contributed by atoms with Gasteiger partial charge in [0.2, 0.25) is 0 Å². The van der Waals surface area contributed by atoms with Crippen LogP contribution in [0.5, 0.6) is 0 Å². The van der Waals surface area contributed by atoms with Gasteiger partial charge in [-0.15, -0.1) is 0 Å². The Morgan fingerprint density at radius 1 is 0.739 bits per heavy atom. The fourth-order valence-corrected chi connectivity index (χ4v) is 2.94. The van der Waals surface area contributed by atoms with E-state index in [0.717, 1.165) is 12.8 Å². The van der Waals surface area contributed by atoms with Crippen molar-refractivity contribution in [3.8, 4) is 0 Å². The molecular formula is C19H38O3S. The minimum absolute atomic E-state index is 0.185. The highest BCUT2D eigenvalue weighted by molar-refractivity contribution is 7.80. The molecule has 0 aromatic heterocycles. The van der Waals surface area contributed by atoms with Crippen LogP contribution in [-0.4, -0.2) is 34.6 Å². The van der Waals surface area contributed by atoms with E-state index < -0.39 is 6.10 Å². The van der Waals surface area contributed by atoms with Crippen molar-refractivity contribution in [1.29, 1.82) is 0 Å². The first-order valence-corrected chi connectivity index (χ1v) is 10.1. The molecule has 0 amide bonds. The van der Waals surface area contributed by atoms with Crippen molar-refractivity contribution in [2.24, 2.45) is 0 Å². The summed E-state index contributed by atoms with van der Waals surface area (Å²) in [5.41, 5.74) is 0. The molecule has 3 nitrogen and oxygen atoms in total. The summed E-state index contributed by atoms with van der Waals surface area (Å²) in [7, 11) is 0. The first-order valence-electron chi connectivity index (χ1n) is 9.65. The molecule has 0 aromatic rings. The molecule has 2 N–H and O–H groups in total. The van der Waals surface area contributed by atoms with Gasteiger partial charge in [0.25, 0.3) is 0 Å². The van der Waals surface area contributed by atoms with Gasteiger partial charge in [-0.25, -0.2) is 0 Å². The van der Waals surface area contributed by atoms with Gasteiger partial charge in [-0.1, -0.05) is 84.0 Å². The van der Waals surface area contributed by atoms with Gasteiger partial charge in [-0.05, 0) is 18.6 Å². The molecule has 0 unspecified atom stereocenters. The molecule has 0 heterocycles. The zero-order chi connectivity index (χ0) is 17.2. The van der Waals surface area contributed by atoms with E-state index in [0.29, 0.717) is 5.05 Å². The molecule has 0 aliphatic carbocycles. The number of aliphatic hydroxyl groups is 2. The van der Waals surface area contributed by atoms with Crippen LogP contribution in [0.25, 0.3) is 0 Å². The molecular weight excluding hydrogens is 308 g/mol. The quantitative estimate of drug-likeness (QED) is 0.282. The zero-order valence-corrected chi connectivity index (χ0v) is 15.9. The van der Waals surface area contributed by atoms with E-state index in [-0.39, 0.29) is 13.2 Å². The summed E-state index contributed by atoms with van der Waals surface area (Å²) >= 11 is 5.10. The summed E-state index contributed by atoms with van der Waals surface area (Å²) in [5.74, 6) is 0. The molecule has 0 radical (unpaired) electrons. The lowest BCUT2D eigenvalue weighted by Crippen LogP contribution is -2.24. The second-order valence-corrected chi connectivity index (χ2v) is 6.92. The van der Waals surface area contributed by atoms with Crippen LogP contribution in [0.15, 0.2) is 0 Å². The molecule has 0 saturated heterocycles. The van der Waals surface area contributed by atoms with Crippen LogP contribution in [0.4, 0.5) is 0 Å². The molecule has 0 aliphatic heterocycles. The van der Waals surface area contributed by atoms with Gasteiger partial charge in [0.15, 0.2) is 5.05 Å². The molecule has 0 aliphatic rings. The average Bonchev–Trinajstić information content (AvgIpc) is 2.56. The first-order chi connectivity index (χ1) is 11.2. The van der Waals surface area contributed by atoms with Crippen LogP contribution in [0.2, 0.25) is 0 Å². The van der Waals surface area contributed by atoms with Crippen molar-refractivity contribution >= 4 is 17.3 Å².